The summed E-state index contributed by atoms with van der Waals surface area (Å²) in [6.07, 6.45) is 0.762. The van der Waals surface area contributed by atoms with Gasteiger partial charge in [0.05, 0.1) is 13.7 Å². The number of nitrogens with one attached hydrogen (secondary N) is 1. The number of morpholine rings is 1. The Kier molecular flexibility index (Phi) is 5.93. The molecule has 1 atom stereocenters. The van der Waals surface area contributed by atoms with Crippen LogP contribution in [0.3, 0.4) is 0 Å². The fraction of sp³-hybridized carbons (Fsp3) is 0.818. The molecule has 98 valence electrons. The molecule has 0 saturated carbocycles. The summed E-state index contributed by atoms with van der Waals surface area (Å²) in [5, 5.41) is 2.57. The summed E-state index contributed by atoms with van der Waals surface area (Å²) in [6.45, 7) is 2.72. The molecule has 1 saturated heterocycles. The van der Waals surface area contributed by atoms with Gasteiger partial charge >= 0.3 is 5.97 Å². The van der Waals surface area contributed by atoms with Crippen LogP contribution in [0.2, 0.25) is 0 Å². The summed E-state index contributed by atoms with van der Waals surface area (Å²) in [5.41, 5.74) is 0. The molecule has 1 unspecified atom stereocenters. The maximum absolute atomic E-state index is 11.4. The zero-order chi connectivity index (χ0) is 12.7. The van der Waals surface area contributed by atoms with E-state index in [4.69, 9.17) is 4.74 Å². The number of likely N-dealkylation sites (N-methyl/N-ethyl adjacent to an activating group) is 1. The molecule has 6 nitrogen and oxygen atoms in total. The van der Waals surface area contributed by atoms with Crippen LogP contribution in [-0.4, -0.2) is 63.3 Å². The predicted molar refractivity (Wildman–Crippen MR) is 61.5 cm³/mol. The van der Waals surface area contributed by atoms with Gasteiger partial charge in [0.25, 0.3) is 0 Å². The van der Waals surface area contributed by atoms with Crippen molar-refractivity contribution in [2.45, 2.75) is 18.9 Å². The van der Waals surface area contributed by atoms with E-state index in [1.54, 1.807) is 7.05 Å². The Bertz CT molecular complexity index is 270. The van der Waals surface area contributed by atoms with Crippen LogP contribution in [0.4, 0.5) is 0 Å². The quantitative estimate of drug-likeness (QED) is 0.653. The van der Waals surface area contributed by atoms with Gasteiger partial charge in [-0.1, -0.05) is 0 Å². The van der Waals surface area contributed by atoms with E-state index in [1.807, 2.05) is 0 Å². The lowest BCUT2D eigenvalue weighted by Gasteiger charge is -2.31. The molecule has 0 aromatic heterocycles. The Labute approximate surface area is 101 Å². The van der Waals surface area contributed by atoms with Gasteiger partial charge in [0, 0.05) is 26.6 Å². The van der Waals surface area contributed by atoms with Crippen LogP contribution >= 0.6 is 0 Å². The van der Waals surface area contributed by atoms with Gasteiger partial charge < -0.3 is 14.8 Å². The molecule has 1 N–H and O–H groups in total. The first-order valence-corrected chi connectivity index (χ1v) is 5.79. The molecular weight excluding hydrogens is 224 g/mol. The second-order valence-corrected chi connectivity index (χ2v) is 3.95. The van der Waals surface area contributed by atoms with Gasteiger partial charge in [-0.05, 0) is 13.0 Å². The molecule has 1 aliphatic rings. The molecule has 0 aliphatic carbocycles. The molecule has 1 heterocycles. The zero-order valence-electron chi connectivity index (χ0n) is 10.4. The molecular formula is C11H20N2O4. The Morgan fingerprint density at radius 1 is 1.53 bits per heavy atom. The fourth-order valence-electron chi connectivity index (χ4n) is 1.77. The zero-order valence-corrected chi connectivity index (χ0v) is 10.4. The summed E-state index contributed by atoms with van der Waals surface area (Å²) in [6, 6.07) is 0. The molecule has 1 amide bonds. The van der Waals surface area contributed by atoms with E-state index in [9.17, 15) is 9.59 Å². The van der Waals surface area contributed by atoms with Crippen LogP contribution in [0.15, 0.2) is 0 Å². The van der Waals surface area contributed by atoms with Crippen LogP contribution in [0.1, 0.15) is 12.8 Å². The largest absolute Gasteiger partial charge is 0.469 e. The fourth-order valence-corrected chi connectivity index (χ4v) is 1.77. The Hall–Kier alpha value is -1.14. The van der Waals surface area contributed by atoms with Gasteiger partial charge in [-0.25, -0.2) is 0 Å². The number of carbonyl (C=O) groups is 2. The van der Waals surface area contributed by atoms with Gasteiger partial charge in [0.2, 0.25) is 5.91 Å². The number of hydrogen-bond donors (Lipinski definition) is 1. The van der Waals surface area contributed by atoms with Crippen LogP contribution in [-0.2, 0) is 19.1 Å². The van der Waals surface area contributed by atoms with E-state index in [0.29, 0.717) is 19.6 Å². The van der Waals surface area contributed by atoms with E-state index in [0.717, 1.165) is 19.5 Å². The van der Waals surface area contributed by atoms with Crippen LogP contribution < -0.4 is 5.32 Å². The lowest BCUT2D eigenvalue weighted by molar-refractivity contribution is -0.141. The predicted octanol–water partition coefficient (Wildman–Crippen LogP) is -0.614. The number of ether oxygens (including phenoxy) is 2. The van der Waals surface area contributed by atoms with Crippen molar-refractivity contribution in [3.05, 3.63) is 0 Å². The number of rotatable bonds is 5. The number of amides is 1. The second-order valence-electron chi connectivity index (χ2n) is 3.95. The molecule has 0 spiro atoms. The Balaban J connectivity index is 2.25. The van der Waals surface area contributed by atoms with Gasteiger partial charge in [-0.3, -0.25) is 14.5 Å². The lowest BCUT2D eigenvalue weighted by Crippen LogP contribution is -2.49. The second kappa shape index (κ2) is 7.24. The van der Waals surface area contributed by atoms with Gasteiger partial charge in [-0.2, -0.15) is 0 Å². The van der Waals surface area contributed by atoms with E-state index >= 15 is 0 Å². The molecule has 17 heavy (non-hydrogen) atoms. The molecule has 0 aromatic carbocycles. The molecule has 0 bridgehead atoms. The summed E-state index contributed by atoms with van der Waals surface area (Å²) in [7, 11) is 2.99. The van der Waals surface area contributed by atoms with Crippen molar-refractivity contribution in [1.82, 2.24) is 10.2 Å². The van der Waals surface area contributed by atoms with Crippen molar-refractivity contribution in [2.75, 3.05) is 40.4 Å². The van der Waals surface area contributed by atoms with Crippen molar-refractivity contribution in [3.8, 4) is 0 Å². The van der Waals surface area contributed by atoms with E-state index in [2.05, 4.69) is 15.0 Å². The van der Waals surface area contributed by atoms with Crippen LogP contribution in [0, 0.1) is 0 Å². The highest BCUT2D eigenvalue weighted by Crippen LogP contribution is 2.07. The van der Waals surface area contributed by atoms with Crippen molar-refractivity contribution in [3.63, 3.8) is 0 Å². The number of methoxy groups -OCH3 is 1. The number of hydrogen-bond acceptors (Lipinski definition) is 5. The minimum Gasteiger partial charge on any atom is -0.469 e. The summed E-state index contributed by atoms with van der Waals surface area (Å²) in [5.74, 6) is -0.288. The maximum Gasteiger partial charge on any atom is 0.305 e. The monoisotopic (exact) mass is 244 g/mol. The third kappa shape index (κ3) is 4.70. The highest BCUT2D eigenvalue weighted by Gasteiger charge is 2.25. The first-order valence-electron chi connectivity index (χ1n) is 5.79. The van der Waals surface area contributed by atoms with Crippen molar-refractivity contribution >= 4 is 11.9 Å². The molecule has 6 heteroatoms. The van der Waals surface area contributed by atoms with Crippen molar-refractivity contribution in [2.24, 2.45) is 0 Å². The third-order valence-electron chi connectivity index (χ3n) is 2.77. The summed E-state index contributed by atoms with van der Waals surface area (Å²) >= 11 is 0. The van der Waals surface area contributed by atoms with Gasteiger partial charge in [-0.15, -0.1) is 0 Å². The van der Waals surface area contributed by atoms with E-state index in [-0.39, 0.29) is 11.9 Å². The molecule has 0 radical (unpaired) electrons. The Morgan fingerprint density at radius 3 is 2.94 bits per heavy atom. The average molecular weight is 244 g/mol. The van der Waals surface area contributed by atoms with Crippen LogP contribution in [0.25, 0.3) is 0 Å². The smallest absolute Gasteiger partial charge is 0.305 e. The molecule has 0 aromatic rings. The highest BCUT2D eigenvalue weighted by atomic mass is 16.5. The molecule has 1 rings (SSSR count). The van der Waals surface area contributed by atoms with Crippen molar-refractivity contribution < 1.29 is 19.1 Å². The molecule has 1 aliphatic heterocycles. The Morgan fingerprint density at radius 2 is 2.29 bits per heavy atom. The maximum atomic E-state index is 11.4. The number of carbonyl (C=O) groups excluding carboxylic acids is 2. The highest BCUT2D eigenvalue weighted by molar-refractivity contribution is 5.80. The topological polar surface area (TPSA) is 67.9 Å². The average Bonchev–Trinajstić information content (AvgIpc) is 2.38. The first-order chi connectivity index (χ1) is 8.17. The summed E-state index contributed by atoms with van der Waals surface area (Å²) < 4.78 is 9.93. The first kappa shape index (κ1) is 13.9. The van der Waals surface area contributed by atoms with Gasteiger partial charge in [0.15, 0.2) is 0 Å². The number of esters is 1. The molecule has 1 fully saturated rings. The third-order valence-corrected chi connectivity index (χ3v) is 2.77. The van der Waals surface area contributed by atoms with Gasteiger partial charge in [0.1, 0.15) is 6.10 Å². The normalized spacial score (nSPS) is 20.9. The summed E-state index contributed by atoms with van der Waals surface area (Å²) in [4.78, 5) is 24.5. The van der Waals surface area contributed by atoms with Crippen LogP contribution in [0.5, 0.6) is 0 Å². The lowest BCUT2D eigenvalue weighted by atomic mass is 10.2. The van der Waals surface area contributed by atoms with Crippen molar-refractivity contribution in [1.29, 1.82) is 0 Å². The minimum absolute atomic E-state index is 0.0948. The minimum atomic E-state index is -0.396. The SMILES string of the molecule is CNC(=O)C1CN(CCCC(=O)OC)CCO1. The standard InChI is InChI=1S/C11H20N2O4/c1-12-11(15)9-8-13(6-7-17-9)5-3-4-10(14)16-2/h9H,3-8H2,1-2H3,(H,12,15). The van der Waals surface area contributed by atoms with E-state index < -0.39 is 6.10 Å². The number of nitrogens with zero attached hydrogens (tertiary/aromatic N) is 1. The van der Waals surface area contributed by atoms with E-state index in [1.165, 1.54) is 7.11 Å².